The van der Waals surface area contributed by atoms with E-state index in [0.29, 0.717) is 44.9 Å². The summed E-state index contributed by atoms with van der Waals surface area (Å²) in [5, 5.41) is 95.6. The molecule has 0 aromatic carbocycles. The minimum Gasteiger partial charge on any atom is -0.469 e. The number of rotatable bonds is 7. The van der Waals surface area contributed by atoms with Crippen molar-refractivity contribution in [3.63, 3.8) is 0 Å². The van der Waals surface area contributed by atoms with Crippen LogP contribution in [0.1, 0.15) is 92.4 Å². The maximum atomic E-state index is 14.7. The van der Waals surface area contributed by atoms with Gasteiger partial charge in [0.2, 0.25) is 6.29 Å². The summed E-state index contributed by atoms with van der Waals surface area (Å²) in [7, 11) is 1.35. The van der Waals surface area contributed by atoms with Gasteiger partial charge in [-0.1, -0.05) is 39.3 Å². The van der Waals surface area contributed by atoms with Crippen LogP contribution in [0, 0.1) is 50.2 Å². The number of aliphatic hydroxyl groups is 9. The summed E-state index contributed by atoms with van der Waals surface area (Å²) in [6.45, 7) is 9.20. The van der Waals surface area contributed by atoms with Crippen LogP contribution in [0.2, 0.25) is 0 Å². The highest BCUT2D eigenvalue weighted by Gasteiger charge is 2.72. The Bertz CT molecular complexity index is 1610. The van der Waals surface area contributed by atoms with Gasteiger partial charge in [0.05, 0.1) is 50.0 Å². The van der Waals surface area contributed by atoms with Gasteiger partial charge in [0.25, 0.3) is 0 Å². The minimum atomic E-state index is -1.76. The molecule has 0 unspecified atom stereocenters. The van der Waals surface area contributed by atoms with Gasteiger partial charge in [-0.2, -0.15) is 0 Å². The van der Waals surface area contributed by atoms with Crippen LogP contribution in [-0.2, 0) is 33.3 Å². The Morgan fingerprint density at radius 3 is 2.10 bits per heavy atom. The SMILES string of the molecule is COC(=O)[C@@]1(C)CC[C@]2(C(=O)O[C@@H]3O[C@H](CO)[C@@H](O)[C@H](O)[C@H]3O)CC[C@]3(C)C(=CC[C@@H]4[C@@]5(C)C[C@H](O)[C@H](O[C@@H]6OC[C@@H](O)[C@H](O)[C@H]6O)[C@@](C)(CO)[C@@H]5CC[C@]43C)[C@@H]2C1. The zero-order chi connectivity index (χ0) is 42.5. The van der Waals surface area contributed by atoms with E-state index in [4.69, 9.17) is 23.7 Å². The fraction of sp³-hybridized carbons (Fsp3) is 0.905. The summed E-state index contributed by atoms with van der Waals surface area (Å²) < 4.78 is 28.7. The van der Waals surface area contributed by atoms with Gasteiger partial charge in [0.1, 0.15) is 42.7 Å². The summed E-state index contributed by atoms with van der Waals surface area (Å²) >= 11 is 0. The zero-order valence-electron chi connectivity index (χ0n) is 34.5. The van der Waals surface area contributed by atoms with Crippen molar-refractivity contribution in [3.8, 4) is 0 Å². The molecule has 2 saturated heterocycles. The van der Waals surface area contributed by atoms with E-state index in [0.717, 1.165) is 12.0 Å². The van der Waals surface area contributed by atoms with Gasteiger partial charge in [-0.25, -0.2) is 0 Å². The molecule has 0 aromatic heterocycles. The number of ether oxygens (including phenoxy) is 5. The van der Waals surface area contributed by atoms with E-state index >= 15 is 0 Å². The van der Waals surface area contributed by atoms with Crippen LogP contribution in [0.5, 0.6) is 0 Å². The minimum absolute atomic E-state index is 0.00612. The van der Waals surface area contributed by atoms with Crippen LogP contribution >= 0.6 is 0 Å². The molecule has 5 aliphatic carbocycles. The fourth-order valence-corrected chi connectivity index (χ4v) is 13.7. The van der Waals surface area contributed by atoms with E-state index < -0.39 is 113 Å². The molecule has 16 nitrogen and oxygen atoms in total. The maximum Gasteiger partial charge on any atom is 0.315 e. The van der Waals surface area contributed by atoms with Crippen molar-refractivity contribution in [1.29, 1.82) is 0 Å². The Morgan fingerprint density at radius 2 is 1.45 bits per heavy atom. The van der Waals surface area contributed by atoms with Crippen molar-refractivity contribution < 1.29 is 79.2 Å². The highest BCUT2D eigenvalue weighted by Crippen LogP contribution is 2.76. The maximum absolute atomic E-state index is 14.7. The number of fused-ring (bicyclic) bond motifs is 7. The predicted octanol–water partition coefficient (Wildman–Crippen LogP) is 0.0517. The third kappa shape index (κ3) is 6.29. The first-order chi connectivity index (χ1) is 27.1. The normalized spacial score (nSPS) is 54.2. The first-order valence-corrected chi connectivity index (χ1v) is 21.0. The monoisotopic (exact) mass is 826 g/mol. The molecule has 0 amide bonds. The Labute approximate surface area is 339 Å². The highest BCUT2D eigenvalue weighted by atomic mass is 16.7. The molecule has 4 saturated carbocycles. The molecule has 7 aliphatic rings. The second kappa shape index (κ2) is 15.2. The summed E-state index contributed by atoms with van der Waals surface area (Å²) in [4.78, 5) is 28.1. The predicted molar refractivity (Wildman–Crippen MR) is 201 cm³/mol. The van der Waals surface area contributed by atoms with Gasteiger partial charge in [0.15, 0.2) is 6.29 Å². The first-order valence-electron chi connectivity index (χ1n) is 21.0. The molecule has 330 valence electrons. The van der Waals surface area contributed by atoms with Crippen LogP contribution in [0.4, 0.5) is 0 Å². The quantitative estimate of drug-likeness (QED) is 0.0933. The van der Waals surface area contributed by atoms with Crippen molar-refractivity contribution in [3.05, 3.63) is 11.6 Å². The van der Waals surface area contributed by atoms with E-state index in [-0.39, 0.29) is 42.9 Å². The zero-order valence-corrected chi connectivity index (χ0v) is 34.5. The van der Waals surface area contributed by atoms with Crippen molar-refractivity contribution in [2.75, 3.05) is 26.9 Å². The smallest absolute Gasteiger partial charge is 0.315 e. The Morgan fingerprint density at radius 1 is 0.776 bits per heavy atom. The lowest BCUT2D eigenvalue weighted by Gasteiger charge is -2.71. The van der Waals surface area contributed by atoms with Gasteiger partial charge in [-0.15, -0.1) is 0 Å². The number of methoxy groups -OCH3 is 1. The molecule has 16 heteroatoms. The first kappa shape index (κ1) is 44.3. The molecule has 6 fully saturated rings. The largest absolute Gasteiger partial charge is 0.469 e. The lowest BCUT2D eigenvalue weighted by molar-refractivity contribution is -0.328. The summed E-state index contributed by atoms with van der Waals surface area (Å²) in [6.07, 6.45) is -9.28. The number of esters is 2. The summed E-state index contributed by atoms with van der Waals surface area (Å²) in [6, 6.07) is 0. The second-order valence-corrected chi connectivity index (χ2v) is 20.1. The topological polar surface area (TPSA) is 262 Å². The fourth-order valence-electron chi connectivity index (χ4n) is 13.7. The molecule has 7 rings (SSSR count). The lowest BCUT2D eigenvalue weighted by atomic mass is 9.33. The number of carbonyl (C=O) groups is 2. The Balaban J connectivity index is 1.22. The Kier molecular flexibility index (Phi) is 11.6. The Hall–Kier alpha value is -1.80. The summed E-state index contributed by atoms with van der Waals surface area (Å²) in [5.74, 6) is -1.63. The van der Waals surface area contributed by atoms with Crippen molar-refractivity contribution in [2.45, 2.75) is 160 Å². The van der Waals surface area contributed by atoms with E-state index in [1.807, 2.05) is 13.8 Å². The van der Waals surface area contributed by atoms with Crippen molar-refractivity contribution in [1.82, 2.24) is 0 Å². The molecule has 9 N–H and O–H groups in total. The third-order valence-corrected chi connectivity index (χ3v) is 17.4. The van der Waals surface area contributed by atoms with Gasteiger partial charge >= 0.3 is 11.9 Å². The number of hydrogen-bond donors (Lipinski definition) is 9. The molecule has 2 aliphatic heterocycles. The molecule has 0 radical (unpaired) electrons. The van der Waals surface area contributed by atoms with Crippen LogP contribution in [0.3, 0.4) is 0 Å². The molecular formula is C42H66O16. The number of aliphatic hydroxyl groups excluding tert-OH is 9. The van der Waals surface area contributed by atoms with E-state index in [2.05, 4.69) is 26.8 Å². The van der Waals surface area contributed by atoms with Crippen LogP contribution < -0.4 is 0 Å². The average molecular weight is 827 g/mol. The van der Waals surface area contributed by atoms with Crippen molar-refractivity contribution >= 4 is 11.9 Å². The van der Waals surface area contributed by atoms with E-state index in [1.54, 1.807) is 0 Å². The number of hydrogen-bond acceptors (Lipinski definition) is 16. The summed E-state index contributed by atoms with van der Waals surface area (Å²) in [5.41, 5.74) is -3.35. The van der Waals surface area contributed by atoms with Gasteiger partial charge in [-0.3, -0.25) is 9.59 Å². The highest BCUT2D eigenvalue weighted by molar-refractivity contribution is 5.81. The van der Waals surface area contributed by atoms with Crippen LogP contribution in [-0.4, -0.2) is 152 Å². The van der Waals surface area contributed by atoms with Crippen molar-refractivity contribution in [2.24, 2.45) is 50.2 Å². The molecular weight excluding hydrogens is 760 g/mol. The molecule has 2 heterocycles. The second-order valence-electron chi connectivity index (χ2n) is 20.1. The third-order valence-electron chi connectivity index (χ3n) is 17.4. The van der Waals surface area contributed by atoms with Gasteiger partial charge in [0, 0.05) is 5.41 Å². The number of carbonyl (C=O) groups excluding carboxylic acids is 2. The lowest BCUT2D eigenvalue weighted by Crippen LogP contribution is -2.69. The van der Waals surface area contributed by atoms with Gasteiger partial charge in [-0.05, 0) is 98.7 Å². The molecule has 0 spiro atoms. The average Bonchev–Trinajstić information content (AvgIpc) is 3.19. The standard InChI is InChI=1S/C42H66O16/c1-37(35(52)54-6)11-13-42(36(53)58-34-31(51)29(49)28(48)24(17-43)56-34)14-12-40(4)20(21(42)15-37)7-8-26-38(2)16-22(45)32(57-33-30(50)27(47)23(46)18-55-33)39(3,19-44)25(38)9-10-41(26,40)5/h7,21-34,43-51H,8-19H2,1-6H3/t21-,22-,23+,24+,25+,26+,27-,28+,29-,30+,31+,32-,33-,34-,37-,38-,39-,40+,41+,42-/m0/s1. The molecule has 58 heavy (non-hydrogen) atoms. The van der Waals surface area contributed by atoms with Gasteiger partial charge < -0.3 is 69.6 Å². The molecule has 0 aromatic rings. The van der Waals surface area contributed by atoms with E-state index in [1.165, 1.54) is 7.11 Å². The van der Waals surface area contributed by atoms with Crippen LogP contribution in [0.25, 0.3) is 0 Å². The molecule has 0 bridgehead atoms. The number of allylic oxidation sites excluding steroid dienone is 2. The van der Waals surface area contributed by atoms with Crippen LogP contribution in [0.15, 0.2) is 11.6 Å². The molecule has 20 atom stereocenters. The van der Waals surface area contributed by atoms with E-state index in [9.17, 15) is 55.5 Å².